The first-order valence-electron chi connectivity index (χ1n) is 7.99. The third-order valence-electron chi connectivity index (χ3n) is 3.11. The number of unbranched alkanes of at least 4 members (excludes halogenated alkanes) is 5. The van der Waals surface area contributed by atoms with E-state index >= 15 is 0 Å². The molecule has 0 aliphatic heterocycles. The summed E-state index contributed by atoms with van der Waals surface area (Å²) in [7, 11) is 0. The maximum atomic E-state index is 10.2. The van der Waals surface area contributed by atoms with Gasteiger partial charge < -0.3 is 15.0 Å². The molecule has 0 aromatic carbocycles. The quantitative estimate of drug-likeness (QED) is 0.302. The Morgan fingerprint density at radius 2 is 1.50 bits per heavy atom. The third-order valence-corrected chi connectivity index (χ3v) is 3.11. The fraction of sp³-hybridized carbons (Fsp3) is 0.611. The van der Waals surface area contributed by atoms with E-state index in [0.717, 1.165) is 51.4 Å². The first-order chi connectivity index (χ1) is 10.1. The molecule has 0 radical (unpaired) electrons. The van der Waals surface area contributed by atoms with Crippen LogP contribution in [0.15, 0.2) is 36.5 Å². The van der Waals surface area contributed by atoms with Crippen LogP contribution in [0.25, 0.3) is 0 Å². The number of aliphatic hydroxyl groups excluding tert-OH is 1. The Balaban J connectivity index is 0. The molecule has 1 atom stereocenters. The van der Waals surface area contributed by atoms with Crippen molar-refractivity contribution in [2.45, 2.75) is 70.8 Å². The van der Waals surface area contributed by atoms with Crippen LogP contribution in [0.2, 0.25) is 0 Å². The van der Waals surface area contributed by atoms with Crippen LogP contribution in [0.3, 0.4) is 0 Å². The summed E-state index contributed by atoms with van der Waals surface area (Å²) in [5.74, 6) is -0.940. The Hall–Kier alpha value is -0.350. The van der Waals surface area contributed by atoms with Crippen molar-refractivity contribution in [3.8, 4) is 0 Å². The molecule has 0 heterocycles. The summed E-state index contributed by atoms with van der Waals surface area (Å²) >= 11 is 0. The van der Waals surface area contributed by atoms with Crippen molar-refractivity contribution in [2.24, 2.45) is 0 Å². The van der Waals surface area contributed by atoms with Crippen molar-refractivity contribution in [2.75, 3.05) is 0 Å². The van der Waals surface area contributed by atoms with Crippen LogP contribution in [0, 0.1) is 0 Å². The molecular formula is C18H29NaO3. The largest absolute Gasteiger partial charge is 1.00 e. The van der Waals surface area contributed by atoms with Crippen LogP contribution < -0.4 is 34.7 Å². The van der Waals surface area contributed by atoms with Gasteiger partial charge >= 0.3 is 29.6 Å². The van der Waals surface area contributed by atoms with Gasteiger partial charge in [-0.2, -0.15) is 0 Å². The third kappa shape index (κ3) is 21.9. The summed E-state index contributed by atoms with van der Waals surface area (Å²) in [6, 6.07) is 0. The summed E-state index contributed by atoms with van der Waals surface area (Å²) in [5, 5.41) is 19.3. The van der Waals surface area contributed by atoms with Gasteiger partial charge in [-0.15, -0.1) is 0 Å². The molecule has 0 spiro atoms. The Morgan fingerprint density at radius 1 is 0.955 bits per heavy atom. The van der Waals surface area contributed by atoms with Gasteiger partial charge in [-0.3, -0.25) is 0 Å². The molecule has 1 unspecified atom stereocenters. The van der Waals surface area contributed by atoms with Crippen molar-refractivity contribution in [3.05, 3.63) is 36.5 Å². The first kappa shape index (κ1) is 23.9. The molecule has 120 valence electrons. The number of carbonyl (C=O) groups is 1. The minimum absolute atomic E-state index is 0. The van der Waals surface area contributed by atoms with E-state index in [1.54, 1.807) is 6.92 Å². The summed E-state index contributed by atoms with van der Waals surface area (Å²) in [6.07, 6.45) is 20.2. The average molecular weight is 316 g/mol. The number of carbonyl (C=O) groups excluding carboxylic acids is 1. The van der Waals surface area contributed by atoms with Crippen LogP contribution in [-0.2, 0) is 4.79 Å². The molecule has 22 heavy (non-hydrogen) atoms. The van der Waals surface area contributed by atoms with Gasteiger partial charge in [0.2, 0.25) is 0 Å². The molecule has 1 N–H and O–H groups in total. The number of aliphatic hydroxyl groups is 1. The summed E-state index contributed by atoms with van der Waals surface area (Å²) in [4.78, 5) is 10.2. The standard InChI is InChI=1S/C18H30O3.Na/c1-17(19)15-13-11-9-7-5-3-2-4-6-8-10-12-14-16-18(20)21;/h2-3,5,7,9,11,17,19H,4,6,8,10,12-16H2,1H3,(H,20,21);/q;+1/p-1/b3-2+,7-5+,11-9+;. The zero-order valence-corrected chi connectivity index (χ0v) is 16.2. The molecular weight excluding hydrogens is 287 g/mol. The van der Waals surface area contributed by atoms with Crippen LogP contribution >= 0.6 is 0 Å². The topological polar surface area (TPSA) is 60.4 Å². The van der Waals surface area contributed by atoms with E-state index in [9.17, 15) is 9.90 Å². The number of carboxylic acids is 1. The molecule has 0 bridgehead atoms. The minimum Gasteiger partial charge on any atom is -0.550 e. The molecule has 0 fully saturated rings. The zero-order chi connectivity index (χ0) is 15.8. The molecule has 0 aliphatic carbocycles. The molecule has 0 saturated heterocycles. The zero-order valence-electron chi connectivity index (χ0n) is 14.2. The molecule has 0 aliphatic rings. The monoisotopic (exact) mass is 316 g/mol. The van der Waals surface area contributed by atoms with Crippen LogP contribution in [0.4, 0.5) is 0 Å². The molecule has 0 rings (SSSR count). The Morgan fingerprint density at radius 3 is 2.09 bits per heavy atom. The summed E-state index contributed by atoms with van der Waals surface area (Å²) in [5.41, 5.74) is 0. The predicted octanol–water partition coefficient (Wildman–Crippen LogP) is 0.301. The molecule has 3 nitrogen and oxygen atoms in total. The van der Waals surface area contributed by atoms with E-state index < -0.39 is 5.97 Å². The number of allylic oxidation sites excluding steroid dienone is 6. The van der Waals surface area contributed by atoms with Crippen molar-refractivity contribution >= 4 is 5.97 Å². The maximum Gasteiger partial charge on any atom is 1.00 e. The Labute approximate surface area is 157 Å². The number of hydrogen-bond acceptors (Lipinski definition) is 3. The molecule has 4 heteroatoms. The fourth-order valence-electron chi connectivity index (χ4n) is 1.88. The number of rotatable bonds is 13. The second kappa shape index (κ2) is 18.7. The van der Waals surface area contributed by atoms with Gasteiger partial charge in [-0.25, -0.2) is 0 Å². The van der Waals surface area contributed by atoms with E-state index in [0.29, 0.717) is 0 Å². The SMILES string of the molecule is CC(O)CC/C=C/C=C/C=C/CCCCCCCC(=O)[O-].[Na+]. The molecule has 0 amide bonds. The van der Waals surface area contributed by atoms with Crippen molar-refractivity contribution in [1.29, 1.82) is 0 Å². The Kier molecular flexibility index (Phi) is 20.3. The van der Waals surface area contributed by atoms with Gasteiger partial charge in [0.1, 0.15) is 0 Å². The maximum absolute atomic E-state index is 10.2. The van der Waals surface area contributed by atoms with Crippen LogP contribution in [0.5, 0.6) is 0 Å². The Bertz CT molecular complexity index is 333. The van der Waals surface area contributed by atoms with Gasteiger partial charge in [0, 0.05) is 5.97 Å². The van der Waals surface area contributed by atoms with E-state index in [1.165, 1.54) is 0 Å². The van der Waals surface area contributed by atoms with E-state index in [-0.39, 0.29) is 42.1 Å². The van der Waals surface area contributed by atoms with E-state index in [2.05, 4.69) is 18.2 Å². The van der Waals surface area contributed by atoms with Crippen LogP contribution in [0.1, 0.15) is 64.7 Å². The normalized spacial score (nSPS) is 13.0. The van der Waals surface area contributed by atoms with Crippen molar-refractivity contribution in [1.82, 2.24) is 0 Å². The summed E-state index contributed by atoms with van der Waals surface area (Å²) in [6.45, 7) is 1.80. The van der Waals surface area contributed by atoms with Crippen molar-refractivity contribution < 1.29 is 44.6 Å². The van der Waals surface area contributed by atoms with E-state index in [4.69, 9.17) is 5.11 Å². The van der Waals surface area contributed by atoms with Crippen LogP contribution in [-0.4, -0.2) is 17.2 Å². The molecule has 0 saturated carbocycles. The van der Waals surface area contributed by atoms with Gasteiger partial charge in [-0.1, -0.05) is 55.7 Å². The summed E-state index contributed by atoms with van der Waals surface area (Å²) < 4.78 is 0. The van der Waals surface area contributed by atoms with Gasteiger partial charge in [0.25, 0.3) is 0 Å². The molecule has 0 aromatic rings. The predicted molar refractivity (Wildman–Crippen MR) is 85.7 cm³/mol. The van der Waals surface area contributed by atoms with Gasteiger partial charge in [-0.05, 0) is 45.4 Å². The number of aliphatic carboxylic acids is 1. The fourth-order valence-corrected chi connectivity index (χ4v) is 1.88. The average Bonchev–Trinajstić information content (AvgIpc) is 2.42. The van der Waals surface area contributed by atoms with Crippen molar-refractivity contribution in [3.63, 3.8) is 0 Å². The second-order valence-corrected chi connectivity index (χ2v) is 5.35. The van der Waals surface area contributed by atoms with Gasteiger partial charge in [0.15, 0.2) is 0 Å². The number of carboxylic acid groups (broad SMARTS) is 1. The second-order valence-electron chi connectivity index (χ2n) is 5.35. The minimum atomic E-state index is -0.940. The first-order valence-corrected chi connectivity index (χ1v) is 7.99. The molecule has 0 aromatic heterocycles. The number of hydrogen-bond donors (Lipinski definition) is 1. The van der Waals surface area contributed by atoms with Gasteiger partial charge in [0.05, 0.1) is 6.10 Å². The smallest absolute Gasteiger partial charge is 0.550 e. The van der Waals surface area contributed by atoms with E-state index in [1.807, 2.05) is 18.2 Å².